The van der Waals surface area contributed by atoms with E-state index >= 15 is 0 Å². The summed E-state index contributed by atoms with van der Waals surface area (Å²) in [5.74, 6) is -0.117. The molecule has 0 aliphatic rings. The fourth-order valence-corrected chi connectivity index (χ4v) is 2.33. The molecule has 0 spiro atoms. The minimum absolute atomic E-state index is 0.0335. The Morgan fingerprint density at radius 2 is 1.64 bits per heavy atom. The van der Waals surface area contributed by atoms with E-state index in [0.717, 1.165) is 11.1 Å². The zero-order valence-electron chi connectivity index (χ0n) is 14.4. The standard InChI is InChI=1S/C19H24N4O2/c1-2-23(14-16-6-4-3-5-7-16)18(24)13-22-19(25)21-12-15-8-10-17(20)11-9-15/h3-11H,2,12-14,20H2,1H3,(H2,21,22,25). The van der Waals surface area contributed by atoms with Gasteiger partial charge in [-0.3, -0.25) is 4.79 Å². The summed E-state index contributed by atoms with van der Waals surface area (Å²) >= 11 is 0. The van der Waals surface area contributed by atoms with Gasteiger partial charge in [-0.2, -0.15) is 0 Å². The smallest absolute Gasteiger partial charge is 0.315 e. The lowest BCUT2D eigenvalue weighted by Gasteiger charge is -2.21. The summed E-state index contributed by atoms with van der Waals surface area (Å²) in [6.45, 7) is 3.38. The monoisotopic (exact) mass is 340 g/mol. The van der Waals surface area contributed by atoms with Crippen LogP contribution in [0.2, 0.25) is 0 Å². The van der Waals surface area contributed by atoms with E-state index in [9.17, 15) is 9.59 Å². The fraction of sp³-hybridized carbons (Fsp3) is 0.263. The van der Waals surface area contributed by atoms with E-state index in [4.69, 9.17) is 5.73 Å². The molecule has 2 aromatic carbocycles. The van der Waals surface area contributed by atoms with Gasteiger partial charge in [0.2, 0.25) is 5.91 Å². The number of carbonyl (C=O) groups excluding carboxylic acids is 2. The third-order valence-electron chi connectivity index (χ3n) is 3.78. The van der Waals surface area contributed by atoms with Crippen LogP contribution in [0, 0.1) is 0 Å². The van der Waals surface area contributed by atoms with Crippen LogP contribution >= 0.6 is 0 Å². The molecular formula is C19H24N4O2. The number of benzene rings is 2. The molecule has 4 N–H and O–H groups in total. The Hall–Kier alpha value is -3.02. The van der Waals surface area contributed by atoms with Gasteiger partial charge in [0.15, 0.2) is 0 Å². The fourth-order valence-electron chi connectivity index (χ4n) is 2.33. The van der Waals surface area contributed by atoms with Crippen molar-refractivity contribution in [3.63, 3.8) is 0 Å². The number of nitrogens with two attached hydrogens (primary N) is 1. The van der Waals surface area contributed by atoms with Crippen LogP contribution in [0.4, 0.5) is 10.5 Å². The van der Waals surface area contributed by atoms with E-state index in [1.165, 1.54) is 0 Å². The lowest BCUT2D eigenvalue weighted by molar-refractivity contribution is -0.130. The van der Waals surface area contributed by atoms with Crippen LogP contribution in [0.1, 0.15) is 18.1 Å². The van der Waals surface area contributed by atoms with Crippen LogP contribution in [-0.4, -0.2) is 29.9 Å². The van der Waals surface area contributed by atoms with Gasteiger partial charge < -0.3 is 21.3 Å². The Labute approximate surface area is 148 Å². The highest BCUT2D eigenvalue weighted by Crippen LogP contribution is 2.05. The predicted octanol–water partition coefficient (Wildman–Crippen LogP) is 2.12. The Morgan fingerprint density at radius 1 is 0.960 bits per heavy atom. The van der Waals surface area contributed by atoms with Gasteiger partial charge in [0.25, 0.3) is 0 Å². The lowest BCUT2D eigenvalue weighted by atomic mass is 10.2. The van der Waals surface area contributed by atoms with Gasteiger partial charge in [-0.15, -0.1) is 0 Å². The molecule has 0 unspecified atom stereocenters. The normalized spacial score (nSPS) is 10.1. The number of hydrogen-bond acceptors (Lipinski definition) is 3. The van der Waals surface area contributed by atoms with Crippen molar-refractivity contribution in [3.05, 3.63) is 65.7 Å². The minimum atomic E-state index is -0.374. The summed E-state index contributed by atoms with van der Waals surface area (Å²) in [5, 5.41) is 5.32. The van der Waals surface area contributed by atoms with Gasteiger partial charge in [-0.05, 0) is 30.2 Å². The Balaban J connectivity index is 1.75. The van der Waals surface area contributed by atoms with E-state index in [2.05, 4.69) is 10.6 Å². The third-order valence-corrected chi connectivity index (χ3v) is 3.78. The van der Waals surface area contributed by atoms with Gasteiger partial charge in [0.1, 0.15) is 0 Å². The topological polar surface area (TPSA) is 87.5 Å². The number of likely N-dealkylation sites (N-methyl/N-ethyl adjacent to an activating group) is 1. The van der Waals surface area contributed by atoms with E-state index in [1.54, 1.807) is 17.0 Å². The molecule has 0 saturated heterocycles. The summed E-state index contributed by atoms with van der Waals surface area (Å²) in [6, 6.07) is 16.6. The highest BCUT2D eigenvalue weighted by atomic mass is 16.2. The Morgan fingerprint density at radius 3 is 2.28 bits per heavy atom. The number of hydrogen-bond donors (Lipinski definition) is 3. The van der Waals surface area contributed by atoms with Crippen LogP contribution in [0.3, 0.4) is 0 Å². The second-order valence-electron chi connectivity index (χ2n) is 5.67. The zero-order valence-corrected chi connectivity index (χ0v) is 14.4. The van der Waals surface area contributed by atoms with Gasteiger partial charge in [0.05, 0.1) is 6.54 Å². The number of anilines is 1. The first-order chi connectivity index (χ1) is 12.1. The molecule has 0 heterocycles. The molecule has 0 saturated carbocycles. The van der Waals surface area contributed by atoms with E-state index in [-0.39, 0.29) is 18.5 Å². The second-order valence-corrected chi connectivity index (χ2v) is 5.67. The molecule has 25 heavy (non-hydrogen) atoms. The molecule has 0 fully saturated rings. The summed E-state index contributed by atoms with van der Waals surface area (Å²) in [5.41, 5.74) is 8.30. The average Bonchev–Trinajstić information content (AvgIpc) is 2.64. The molecule has 132 valence electrons. The predicted molar refractivity (Wildman–Crippen MR) is 98.6 cm³/mol. The number of nitrogen functional groups attached to an aromatic ring is 1. The highest BCUT2D eigenvalue weighted by Gasteiger charge is 2.13. The van der Waals surface area contributed by atoms with Crippen LogP contribution in [0.25, 0.3) is 0 Å². The number of nitrogens with zero attached hydrogens (tertiary/aromatic N) is 1. The molecule has 2 rings (SSSR count). The Bertz CT molecular complexity index is 686. The van der Waals surface area contributed by atoms with Crippen molar-refractivity contribution in [1.29, 1.82) is 0 Å². The van der Waals surface area contributed by atoms with Crippen LogP contribution in [-0.2, 0) is 17.9 Å². The molecule has 0 aromatic heterocycles. The summed E-state index contributed by atoms with van der Waals surface area (Å²) < 4.78 is 0. The van der Waals surface area contributed by atoms with Crippen LogP contribution in [0.5, 0.6) is 0 Å². The first-order valence-corrected chi connectivity index (χ1v) is 8.26. The van der Waals surface area contributed by atoms with Crippen molar-refractivity contribution in [2.75, 3.05) is 18.8 Å². The van der Waals surface area contributed by atoms with E-state index < -0.39 is 0 Å². The SMILES string of the molecule is CCN(Cc1ccccc1)C(=O)CNC(=O)NCc1ccc(N)cc1. The molecule has 0 aliphatic carbocycles. The van der Waals surface area contributed by atoms with Crippen LogP contribution in [0.15, 0.2) is 54.6 Å². The number of carbonyl (C=O) groups is 2. The number of nitrogens with one attached hydrogen (secondary N) is 2. The first-order valence-electron chi connectivity index (χ1n) is 8.26. The van der Waals surface area contributed by atoms with Crippen LogP contribution < -0.4 is 16.4 Å². The molecule has 0 bridgehead atoms. The van der Waals surface area contributed by atoms with Gasteiger partial charge in [-0.1, -0.05) is 42.5 Å². The minimum Gasteiger partial charge on any atom is -0.399 e. The van der Waals surface area contributed by atoms with Crippen molar-refractivity contribution in [3.8, 4) is 0 Å². The summed E-state index contributed by atoms with van der Waals surface area (Å²) in [6.07, 6.45) is 0. The van der Waals surface area contributed by atoms with Crippen molar-refractivity contribution < 1.29 is 9.59 Å². The van der Waals surface area contributed by atoms with Gasteiger partial charge >= 0.3 is 6.03 Å². The maximum Gasteiger partial charge on any atom is 0.315 e. The third kappa shape index (κ3) is 6.18. The number of rotatable bonds is 7. The lowest BCUT2D eigenvalue weighted by Crippen LogP contribution is -2.43. The number of urea groups is 1. The average molecular weight is 340 g/mol. The molecule has 3 amide bonds. The van der Waals surface area contributed by atoms with Crippen molar-refractivity contribution in [1.82, 2.24) is 15.5 Å². The molecule has 0 atom stereocenters. The van der Waals surface area contributed by atoms with Crippen molar-refractivity contribution >= 4 is 17.6 Å². The Kier molecular flexibility index (Phi) is 6.83. The van der Waals surface area contributed by atoms with E-state index in [0.29, 0.717) is 25.3 Å². The molecule has 2 aromatic rings. The van der Waals surface area contributed by atoms with Crippen molar-refractivity contribution in [2.24, 2.45) is 0 Å². The van der Waals surface area contributed by atoms with Crippen molar-refractivity contribution in [2.45, 2.75) is 20.0 Å². The maximum atomic E-state index is 12.3. The maximum absolute atomic E-state index is 12.3. The number of amides is 3. The van der Waals surface area contributed by atoms with Gasteiger partial charge in [-0.25, -0.2) is 4.79 Å². The summed E-state index contributed by atoms with van der Waals surface area (Å²) in [4.78, 5) is 25.8. The molecular weight excluding hydrogens is 316 g/mol. The van der Waals surface area contributed by atoms with Gasteiger partial charge in [0, 0.05) is 25.3 Å². The zero-order chi connectivity index (χ0) is 18.1. The molecule has 0 aliphatic heterocycles. The first kappa shape index (κ1) is 18.3. The summed E-state index contributed by atoms with van der Waals surface area (Å²) in [7, 11) is 0. The molecule has 6 nitrogen and oxygen atoms in total. The second kappa shape index (κ2) is 9.32. The largest absolute Gasteiger partial charge is 0.399 e. The van der Waals surface area contributed by atoms with E-state index in [1.807, 2.05) is 49.4 Å². The molecule has 6 heteroatoms. The molecule has 0 radical (unpaired) electrons. The highest BCUT2D eigenvalue weighted by molar-refractivity contribution is 5.83. The quantitative estimate of drug-likeness (QED) is 0.675.